The molecule has 0 heterocycles. The number of primary amides is 1. The number of carbonyl (C=O) groups excluding carboxylic acids is 2. The molecule has 0 aromatic rings. The zero-order valence-electron chi connectivity index (χ0n) is 5.33. The summed E-state index contributed by atoms with van der Waals surface area (Å²) in [6.07, 6.45) is 0. The van der Waals surface area contributed by atoms with Crippen molar-refractivity contribution >= 4 is 34.2 Å². The fraction of sp³-hybridized carbons (Fsp3) is 0.500. The Morgan fingerprint density at radius 1 is 1.60 bits per heavy atom. The van der Waals surface area contributed by atoms with E-state index in [1.807, 2.05) is 0 Å². The second kappa shape index (κ2) is 5.57. The molecule has 0 aliphatic heterocycles. The number of hydrogen-bond donors (Lipinski definition) is 1. The maximum atomic E-state index is 10.5. The molecular weight excluding hydrogens is 174 g/mol. The van der Waals surface area contributed by atoms with Crippen LogP contribution < -0.4 is 5.73 Å². The van der Waals surface area contributed by atoms with Crippen molar-refractivity contribution in [2.24, 2.45) is 5.73 Å². The van der Waals surface area contributed by atoms with Gasteiger partial charge in [-0.05, 0) is 0 Å². The van der Waals surface area contributed by atoms with E-state index in [1.54, 1.807) is 0 Å². The Labute approximate surface area is 67.1 Å². The van der Waals surface area contributed by atoms with Crippen molar-refractivity contribution in [3.05, 3.63) is 0 Å². The van der Waals surface area contributed by atoms with Crippen molar-refractivity contribution in [3.8, 4) is 0 Å². The van der Waals surface area contributed by atoms with Gasteiger partial charge in [0.25, 0.3) is 4.45 Å². The van der Waals surface area contributed by atoms with E-state index >= 15 is 0 Å². The van der Waals surface area contributed by atoms with Gasteiger partial charge in [-0.25, -0.2) is 0 Å². The molecule has 0 radical (unpaired) electrons. The molecule has 0 rings (SSSR count). The van der Waals surface area contributed by atoms with Crippen molar-refractivity contribution < 1.29 is 13.8 Å². The molecule has 0 bridgehead atoms. The van der Waals surface area contributed by atoms with Gasteiger partial charge in [-0.1, -0.05) is 11.8 Å². The van der Waals surface area contributed by atoms with Gasteiger partial charge in [0, 0.05) is 0 Å². The minimum atomic E-state index is -0.505. The first-order valence-electron chi connectivity index (χ1n) is 2.32. The Morgan fingerprint density at radius 2 is 2.20 bits per heavy atom. The Hall–Kier alpha value is -0.200. The fourth-order valence-corrected chi connectivity index (χ4v) is 1.19. The number of carbonyl (C=O) groups is 2. The van der Waals surface area contributed by atoms with Crippen molar-refractivity contribution in [2.75, 3.05) is 12.9 Å². The molecule has 0 atom stereocenters. The average molecular weight is 181 g/mol. The van der Waals surface area contributed by atoms with Crippen LogP contribution in [0.3, 0.4) is 0 Å². The minimum Gasteiger partial charge on any atom is -0.369 e. The van der Waals surface area contributed by atoms with Gasteiger partial charge in [-0.15, -0.1) is 0 Å². The number of rotatable bonds is 3. The molecule has 6 heteroatoms. The maximum absolute atomic E-state index is 10.5. The lowest BCUT2D eigenvalue weighted by Gasteiger charge is -1.92. The van der Waals surface area contributed by atoms with Crippen LogP contribution >= 0.6 is 23.8 Å². The Kier molecular flexibility index (Phi) is 5.46. The Balaban J connectivity index is 3.30. The Morgan fingerprint density at radius 3 is 2.60 bits per heavy atom. The first-order valence-corrected chi connectivity index (χ1v) is 4.05. The van der Waals surface area contributed by atoms with E-state index < -0.39 is 5.91 Å². The number of nitrogens with two attached hydrogens (primary N) is 1. The van der Waals surface area contributed by atoms with Gasteiger partial charge in [0.05, 0.1) is 24.9 Å². The fourth-order valence-electron chi connectivity index (χ4n) is 0.222. The van der Waals surface area contributed by atoms with E-state index in [9.17, 15) is 9.59 Å². The van der Waals surface area contributed by atoms with Gasteiger partial charge in [-0.3, -0.25) is 9.59 Å². The number of amides is 1. The highest BCUT2D eigenvalue weighted by molar-refractivity contribution is 8.37. The highest BCUT2D eigenvalue weighted by Crippen LogP contribution is 2.15. The normalized spacial score (nSPS) is 9.30. The third-order valence-electron chi connectivity index (χ3n) is 0.484. The summed E-state index contributed by atoms with van der Waals surface area (Å²) in [5, 5.41) is 0. The van der Waals surface area contributed by atoms with E-state index in [0.29, 0.717) is 12.0 Å². The van der Waals surface area contributed by atoms with Gasteiger partial charge in [0.15, 0.2) is 0 Å². The Bertz CT molecular complexity index is 138. The van der Waals surface area contributed by atoms with E-state index in [4.69, 9.17) is 5.73 Å². The molecule has 0 fully saturated rings. The summed E-state index contributed by atoms with van der Waals surface area (Å²) in [6.45, 7) is 0. The quantitative estimate of drug-likeness (QED) is 0.646. The molecule has 0 spiro atoms. The third-order valence-corrected chi connectivity index (χ3v) is 2.01. The van der Waals surface area contributed by atoms with Crippen LogP contribution in [0.25, 0.3) is 0 Å². The van der Waals surface area contributed by atoms with Crippen LogP contribution in [0.4, 0.5) is 4.79 Å². The van der Waals surface area contributed by atoms with Crippen LogP contribution in [0.15, 0.2) is 0 Å². The van der Waals surface area contributed by atoms with Gasteiger partial charge >= 0.3 is 0 Å². The molecule has 0 aliphatic rings. The average Bonchev–Trinajstić information content (AvgIpc) is 1.85. The van der Waals surface area contributed by atoms with E-state index in [-0.39, 0.29) is 10.2 Å². The summed E-state index contributed by atoms with van der Waals surface area (Å²) < 4.78 is 4.17. The van der Waals surface area contributed by atoms with Crippen LogP contribution in [0.2, 0.25) is 0 Å². The molecule has 0 saturated carbocycles. The predicted octanol–water partition coefficient (Wildman–Crippen LogP) is 0.620. The van der Waals surface area contributed by atoms with Gasteiger partial charge < -0.3 is 9.92 Å². The zero-order valence-corrected chi connectivity index (χ0v) is 6.96. The largest absolute Gasteiger partial charge is 0.369 e. The maximum Gasteiger partial charge on any atom is 0.273 e. The van der Waals surface area contributed by atoms with Crippen LogP contribution in [-0.2, 0) is 8.98 Å². The molecule has 58 valence electrons. The molecule has 0 aromatic heterocycles. The smallest absolute Gasteiger partial charge is 0.273 e. The van der Waals surface area contributed by atoms with Crippen molar-refractivity contribution in [3.63, 3.8) is 0 Å². The summed E-state index contributed by atoms with van der Waals surface area (Å²) in [6, 6.07) is 0. The summed E-state index contributed by atoms with van der Waals surface area (Å²) in [4.78, 5) is 20.6. The first-order chi connectivity index (χ1) is 4.66. The highest BCUT2D eigenvalue weighted by atomic mass is 32.2. The molecule has 0 aromatic carbocycles. The molecule has 0 aliphatic carbocycles. The lowest BCUT2D eigenvalue weighted by Crippen LogP contribution is -2.13. The van der Waals surface area contributed by atoms with Crippen molar-refractivity contribution in [1.29, 1.82) is 0 Å². The number of thioether (sulfide) groups is 1. The highest BCUT2D eigenvalue weighted by Gasteiger charge is 2.04. The van der Waals surface area contributed by atoms with Crippen LogP contribution in [0.5, 0.6) is 0 Å². The van der Waals surface area contributed by atoms with Gasteiger partial charge in [-0.2, -0.15) is 0 Å². The summed E-state index contributed by atoms with van der Waals surface area (Å²) in [5.74, 6) is -0.495. The predicted molar refractivity (Wildman–Crippen MR) is 41.6 cm³/mol. The van der Waals surface area contributed by atoms with E-state index in [1.165, 1.54) is 7.11 Å². The van der Waals surface area contributed by atoms with Crippen LogP contribution in [0, 0.1) is 0 Å². The standard InChI is InChI=1S/C4H7NO3S2/c1-8-10-4(7)9-2-3(5)6/h2H2,1H3,(H2,5,6). The van der Waals surface area contributed by atoms with Crippen molar-refractivity contribution in [2.45, 2.75) is 0 Å². The van der Waals surface area contributed by atoms with Crippen molar-refractivity contribution in [1.82, 2.24) is 0 Å². The molecule has 2 N–H and O–H groups in total. The lowest BCUT2D eigenvalue weighted by molar-refractivity contribution is -0.115. The second-order valence-electron chi connectivity index (χ2n) is 1.25. The molecule has 0 unspecified atom stereocenters. The molecule has 1 amide bonds. The lowest BCUT2D eigenvalue weighted by atomic mass is 10.8. The minimum absolute atomic E-state index is 0.00912. The molecule has 0 saturated heterocycles. The van der Waals surface area contributed by atoms with Crippen LogP contribution in [0.1, 0.15) is 0 Å². The van der Waals surface area contributed by atoms with Crippen LogP contribution in [-0.4, -0.2) is 23.2 Å². The SMILES string of the molecule is COSC(=O)SCC(N)=O. The van der Waals surface area contributed by atoms with E-state index in [0.717, 1.165) is 11.8 Å². The molecular formula is C4H7NO3S2. The monoisotopic (exact) mass is 181 g/mol. The first kappa shape index (κ1) is 9.80. The van der Waals surface area contributed by atoms with E-state index in [2.05, 4.69) is 4.18 Å². The summed E-state index contributed by atoms with van der Waals surface area (Å²) in [5.41, 5.74) is 4.77. The third kappa shape index (κ3) is 5.93. The topological polar surface area (TPSA) is 69.4 Å². The summed E-state index contributed by atoms with van der Waals surface area (Å²) >= 11 is 1.52. The van der Waals surface area contributed by atoms with Gasteiger partial charge in [0.2, 0.25) is 5.91 Å². The molecule has 10 heavy (non-hydrogen) atoms. The molecule has 4 nitrogen and oxygen atoms in total. The van der Waals surface area contributed by atoms with Gasteiger partial charge in [0.1, 0.15) is 0 Å². The zero-order chi connectivity index (χ0) is 7.98. The summed E-state index contributed by atoms with van der Waals surface area (Å²) in [7, 11) is 1.38. The second-order valence-corrected chi connectivity index (χ2v) is 3.33. The number of hydrogen-bond acceptors (Lipinski definition) is 5.